The van der Waals surface area contributed by atoms with Crippen LogP contribution in [0.4, 0.5) is 0 Å². The van der Waals surface area contributed by atoms with Crippen LogP contribution < -0.4 is 15.4 Å². The molecular weight excluding hydrogens is 392 g/mol. The summed E-state index contributed by atoms with van der Waals surface area (Å²) in [5.41, 5.74) is 3.98. The van der Waals surface area contributed by atoms with Crippen molar-refractivity contribution in [2.75, 3.05) is 6.61 Å². The third kappa shape index (κ3) is 6.18. The van der Waals surface area contributed by atoms with Crippen LogP contribution in [0, 0.1) is 0 Å². The smallest absolute Gasteiger partial charge is 0.258 e. The van der Waals surface area contributed by atoms with E-state index in [1.54, 1.807) is 6.07 Å². The number of H-pyrrole nitrogens is 1. The summed E-state index contributed by atoms with van der Waals surface area (Å²) in [5.74, 6) is 0.359. The van der Waals surface area contributed by atoms with Crippen molar-refractivity contribution < 1.29 is 14.3 Å². The molecule has 0 saturated heterocycles. The van der Waals surface area contributed by atoms with E-state index >= 15 is 0 Å². The van der Waals surface area contributed by atoms with E-state index in [0.29, 0.717) is 11.3 Å². The maximum absolute atomic E-state index is 12.3. The van der Waals surface area contributed by atoms with E-state index in [-0.39, 0.29) is 30.5 Å². The van der Waals surface area contributed by atoms with Gasteiger partial charge in [-0.2, -0.15) is 5.10 Å². The SMILES string of the molecule is CC(C)NC(=O)COc1ccc(-c2cc(-c3cccc(C(=O)NC(C)C)c3)n[nH]2)cc1. The molecule has 2 aromatic carbocycles. The summed E-state index contributed by atoms with van der Waals surface area (Å²) in [7, 11) is 0. The second kappa shape index (κ2) is 9.93. The van der Waals surface area contributed by atoms with Crippen molar-refractivity contribution in [3.63, 3.8) is 0 Å². The first-order valence-corrected chi connectivity index (χ1v) is 10.3. The molecular formula is C24H28N4O3. The van der Waals surface area contributed by atoms with E-state index < -0.39 is 0 Å². The van der Waals surface area contributed by atoms with Gasteiger partial charge < -0.3 is 15.4 Å². The number of ether oxygens (including phenoxy) is 1. The lowest BCUT2D eigenvalue weighted by Gasteiger charge is -2.10. The second-order valence-electron chi connectivity index (χ2n) is 7.91. The zero-order valence-corrected chi connectivity index (χ0v) is 18.2. The minimum Gasteiger partial charge on any atom is -0.484 e. The Morgan fingerprint density at radius 3 is 2.32 bits per heavy atom. The number of amides is 2. The summed E-state index contributed by atoms with van der Waals surface area (Å²) in [4.78, 5) is 24.0. The molecule has 0 bridgehead atoms. The maximum atomic E-state index is 12.3. The van der Waals surface area contributed by atoms with Crippen LogP contribution >= 0.6 is 0 Å². The fourth-order valence-corrected chi connectivity index (χ4v) is 3.03. The Labute approximate surface area is 182 Å². The highest BCUT2D eigenvalue weighted by Gasteiger charge is 2.11. The summed E-state index contributed by atoms with van der Waals surface area (Å²) in [6.45, 7) is 7.65. The molecule has 0 aliphatic rings. The molecule has 0 aliphatic carbocycles. The van der Waals surface area contributed by atoms with Crippen LogP contribution in [0.5, 0.6) is 5.75 Å². The number of nitrogens with one attached hydrogen (secondary N) is 3. The van der Waals surface area contributed by atoms with E-state index in [1.807, 2.05) is 76.2 Å². The van der Waals surface area contributed by atoms with Crippen LogP contribution in [-0.2, 0) is 4.79 Å². The third-order valence-corrected chi connectivity index (χ3v) is 4.40. The molecule has 0 radical (unpaired) electrons. The van der Waals surface area contributed by atoms with E-state index in [1.165, 1.54) is 0 Å². The number of hydrogen-bond donors (Lipinski definition) is 3. The molecule has 3 aromatic rings. The van der Waals surface area contributed by atoms with Gasteiger partial charge in [0.2, 0.25) is 0 Å². The van der Waals surface area contributed by atoms with E-state index in [2.05, 4.69) is 20.8 Å². The molecule has 7 nitrogen and oxygen atoms in total. The molecule has 162 valence electrons. The lowest BCUT2D eigenvalue weighted by atomic mass is 10.1. The Hall–Kier alpha value is -3.61. The Kier molecular flexibility index (Phi) is 7.07. The molecule has 1 aromatic heterocycles. The largest absolute Gasteiger partial charge is 0.484 e. The van der Waals surface area contributed by atoms with Gasteiger partial charge in [-0.05, 0) is 75.7 Å². The Morgan fingerprint density at radius 1 is 0.935 bits per heavy atom. The van der Waals surface area contributed by atoms with Crippen LogP contribution in [0.15, 0.2) is 54.6 Å². The molecule has 0 unspecified atom stereocenters. The molecule has 0 saturated carbocycles. The number of carbonyl (C=O) groups is 2. The minimum atomic E-state index is -0.151. The summed E-state index contributed by atoms with van der Waals surface area (Å²) >= 11 is 0. The van der Waals surface area contributed by atoms with Crippen LogP contribution in [0.25, 0.3) is 22.5 Å². The Balaban J connectivity index is 1.68. The summed E-state index contributed by atoms with van der Waals surface area (Å²) < 4.78 is 5.52. The predicted molar refractivity (Wildman–Crippen MR) is 121 cm³/mol. The molecule has 0 spiro atoms. The normalized spacial score (nSPS) is 10.9. The van der Waals surface area contributed by atoms with Crippen molar-refractivity contribution in [2.45, 2.75) is 39.8 Å². The van der Waals surface area contributed by atoms with Gasteiger partial charge in [-0.3, -0.25) is 14.7 Å². The van der Waals surface area contributed by atoms with Crippen molar-refractivity contribution in [3.05, 3.63) is 60.2 Å². The van der Waals surface area contributed by atoms with Crippen molar-refractivity contribution in [1.29, 1.82) is 0 Å². The van der Waals surface area contributed by atoms with Gasteiger partial charge in [-0.15, -0.1) is 0 Å². The molecule has 7 heteroatoms. The first-order chi connectivity index (χ1) is 14.8. The van der Waals surface area contributed by atoms with Crippen LogP contribution in [-0.4, -0.2) is 40.7 Å². The van der Waals surface area contributed by atoms with Gasteiger partial charge in [-0.1, -0.05) is 12.1 Å². The lowest BCUT2D eigenvalue weighted by Crippen LogP contribution is -2.34. The summed E-state index contributed by atoms with van der Waals surface area (Å²) in [6, 6.07) is 16.9. The van der Waals surface area contributed by atoms with Gasteiger partial charge in [-0.25, -0.2) is 0 Å². The summed E-state index contributed by atoms with van der Waals surface area (Å²) in [5, 5.41) is 13.1. The minimum absolute atomic E-state index is 0.0214. The second-order valence-corrected chi connectivity index (χ2v) is 7.91. The van der Waals surface area contributed by atoms with Gasteiger partial charge in [0, 0.05) is 23.2 Å². The third-order valence-electron chi connectivity index (χ3n) is 4.40. The number of carbonyl (C=O) groups excluding carboxylic acids is 2. The number of aromatic amines is 1. The number of rotatable bonds is 8. The Morgan fingerprint density at radius 2 is 1.65 bits per heavy atom. The fraction of sp³-hybridized carbons (Fsp3) is 0.292. The predicted octanol–water partition coefficient (Wildman–Crippen LogP) is 3.79. The molecule has 3 rings (SSSR count). The lowest BCUT2D eigenvalue weighted by molar-refractivity contribution is -0.123. The average Bonchev–Trinajstić information content (AvgIpc) is 3.22. The monoisotopic (exact) mass is 420 g/mol. The van der Waals surface area contributed by atoms with Crippen molar-refractivity contribution in [2.24, 2.45) is 0 Å². The fourth-order valence-electron chi connectivity index (χ4n) is 3.03. The topological polar surface area (TPSA) is 96.1 Å². The summed E-state index contributed by atoms with van der Waals surface area (Å²) in [6.07, 6.45) is 0. The highest BCUT2D eigenvalue weighted by atomic mass is 16.5. The standard InChI is InChI=1S/C24H28N4O3/c1-15(2)25-23(29)14-31-20-10-8-17(9-11-20)21-13-22(28-27-21)18-6-5-7-19(12-18)24(30)26-16(3)4/h5-13,15-16H,14H2,1-4H3,(H,25,29)(H,26,30)(H,27,28). The van der Waals surface area contributed by atoms with Crippen molar-refractivity contribution >= 4 is 11.8 Å². The number of benzene rings is 2. The highest BCUT2D eigenvalue weighted by Crippen LogP contribution is 2.26. The zero-order valence-electron chi connectivity index (χ0n) is 18.2. The van der Waals surface area contributed by atoms with Gasteiger partial charge in [0.1, 0.15) is 5.75 Å². The van der Waals surface area contributed by atoms with Crippen molar-refractivity contribution in [1.82, 2.24) is 20.8 Å². The first-order valence-electron chi connectivity index (χ1n) is 10.3. The van der Waals surface area contributed by atoms with Gasteiger partial charge in [0.05, 0.1) is 11.4 Å². The zero-order chi connectivity index (χ0) is 22.4. The van der Waals surface area contributed by atoms with Crippen molar-refractivity contribution in [3.8, 4) is 28.3 Å². The Bertz CT molecular complexity index is 1040. The number of hydrogen-bond acceptors (Lipinski definition) is 4. The highest BCUT2D eigenvalue weighted by molar-refractivity contribution is 5.95. The van der Waals surface area contributed by atoms with E-state index in [0.717, 1.165) is 22.5 Å². The van der Waals surface area contributed by atoms with Crippen LogP contribution in [0.2, 0.25) is 0 Å². The van der Waals surface area contributed by atoms with E-state index in [4.69, 9.17) is 4.74 Å². The van der Waals surface area contributed by atoms with Gasteiger partial charge in [0.25, 0.3) is 11.8 Å². The van der Waals surface area contributed by atoms with Crippen LogP contribution in [0.1, 0.15) is 38.1 Å². The number of nitrogens with zero attached hydrogens (tertiary/aromatic N) is 1. The molecule has 0 fully saturated rings. The number of aromatic nitrogens is 2. The van der Waals surface area contributed by atoms with E-state index in [9.17, 15) is 9.59 Å². The molecule has 1 heterocycles. The van der Waals surface area contributed by atoms with Gasteiger partial charge >= 0.3 is 0 Å². The molecule has 31 heavy (non-hydrogen) atoms. The molecule has 0 atom stereocenters. The maximum Gasteiger partial charge on any atom is 0.258 e. The molecule has 2 amide bonds. The molecule has 3 N–H and O–H groups in total. The first kappa shape index (κ1) is 22.1. The molecule has 0 aliphatic heterocycles. The quantitative estimate of drug-likeness (QED) is 0.517. The van der Waals surface area contributed by atoms with Crippen LogP contribution in [0.3, 0.4) is 0 Å². The van der Waals surface area contributed by atoms with Gasteiger partial charge in [0.15, 0.2) is 6.61 Å². The average molecular weight is 421 g/mol.